The van der Waals surface area contributed by atoms with Crippen LogP contribution in [0.2, 0.25) is 0 Å². The molecule has 0 unspecified atom stereocenters. The van der Waals surface area contributed by atoms with Crippen molar-refractivity contribution in [1.29, 1.82) is 5.26 Å². The lowest BCUT2D eigenvalue weighted by Crippen LogP contribution is -2.01. The Morgan fingerprint density at radius 1 is 1.53 bits per heavy atom. The van der Waals surface area contributed by atoms with E-state index in [1.807, 2.05) is 19.1 Å². The molecule has 1 aliphatic heterocycles. The van der Waals surface area contributed by atoms with Gasteiger partial charge in [-0.2, -0.15) is 9.94 Å². The molecular formula is C11H9N5O. The minimum absolute atomic E-state index is 0.144. The first-order chi connectivity index (χ1) is 8.29. The minimum Gasteiger partial charge on any atom is -0.368 e. The number of nitrogens with zero attached hydrogens (tertiary/aromatic N) is 5. The predicted octanol–water partition coefficient (Wildman–Crippen LogP) is 0.914. The van der Waals surface area contributed by atoms with Gasteiger partial charge in [0.25, 0.3) is 0 Å². The van der Waals surface area contributed by atoms with Crippen molar-refractivity contribution < 1.29 is 4.74 Å². The Kier molecular flexibility index (Phi) is 2.13. The highest BCUT2D eigenvalue weighted by Crippen LogP contribution is 2.34. The van der Waals surface area contributed by atoms with Crippen LogP contribution in [-0.2, 0) is 4.74 Å². The molecule has 1 aromatic heterocycles. The number of ether oxygens (including phenoxy) is 1. The van der Waals surface area contributed by atoms with Crippen molar-refractivity contribution in [1.82, 2.24) is 20.2 Å². The van der Waals surface area contributed by atoms with Gasteiger partial charge in [-0.25, -0.2) is 0 Å². The van der Waals surface area contributed by atoms with Crippen molar-refractivity contribution in [3.8, 4) is 11.8 Å². The highest BCUT2D eigenvalue weighted by molar-refractivity contribution is 5.53. The molecule has 84 valence electrons. The summed E-state index contributed by atoms with van der Waals surface area (Å²) in [6.07, 6.45) is 1.62. The maximum absolute atomic E-state index is 9.16. The molecule has 0 radical (unpaired) electrons. The molecule has 0 N–H and O–H groups in total. The lowest BCUT2D eigenvalue weighted by molar-refractivity contribution is 0.415. The molecule has 3 rings (SSSR count). The van der Waals surface area contributed by atoms with Gasteiger partial charge >= 0.3 is 0 Å². The zero-order chi connectivity index (χ0) is 11.8. The molecule has 1 atom stereocenters. The molecule has 0 saturated carbocycles. The van der Waals surface area contributed by atoms with Crippen LogP contribution in [0.3, 0.4) is 0 Å². The van der Waals surface area contributed by atoms with E-state index in [-0.39, 0.29) is 6.10 Å². The summed E-state index contributed by atoms with van der Waals surface area (Å²) in [6, 6.07) is 5.92. The van der Waals surface area contributed by atoms with Crippen molar-refractivity contribution in [2.75, 3.05) is 6.61 Å². The molecule has 0 spiro atoms. The highest BCUT2D eigenvalue weighted by atomic mass is 16.6. The van der Waals surface area contributed by atoms with Gasteiger partial charge in [0.1, 0.15) is 18.5 Å². The van der Waals surface area contributed by atoms with Crippen molar-refractivity contribution in [2.45, 2.75) is 13.0 Å². The number of aryl methyl sites for hydroxylation is 1. The van der Waals surface area contributed by atoms with Crippen molar-refractivity contribution in [2.24, 2.45) is 0 Å². The standard InChI is InChI=1S/C11H9N5O/c1-7-2-10(16-6-13-14-15-16)8(4-12)3-9(7)11-5-17-11/h2-3,6,11H,5H2,1H3/t11-/m1/s1. The molecule has 2 heterocycles. The SMILES string of the molecule is Cc1cc(-n2cnnn2)c(C#N)cc1[C@H]1CO1. The first-order valence-electron chi connectivity index (χ1n) is 5.19. The Balaban J connectivity index is 2.16. The molecule has 6 nitrogen and oxygen atoms in total. The molecular weight excluding hydrogens is 218 g/mol. The summed E-state index contributed by atoms with van der Waals surface area (Å²) in [5.74, 6) is 0. The maximum Gasteiger partial charge on any atom is 0.143 e. The van der Waals surface area contributed by atoms with Crippen LogP contribution in [0.4, 0.5) is 0 Å². The molecule has 0 aliphatic carbocycles. The van der Waals surface area contributed by atoms with Gasteiger partial charge < -0.3 is 4.74 Å². The van der Waals surface area contributed by atoms with E-state index in [1.165, 1.54) is 11.0 Å². The molecule has 1 aliphatic rings. The van der Waals surface area contributed by atoms with Gasteiger partial charge in [0.05, 0.1) is 17.9 Å². The summed E-state index contributed by atoms with van der Waals surface area (Å²) >= 11 is 0. The zero-order valence-corrected chi connectivity index (χ0v) is 9.16. The number of epoxide rings is 1. The number of nitriles is 1. The Bertz CT molecular complexity index is 595. The second-order valence-corrected chi connectivity index (χ2v) is 3.91. The Morgan fingerprint density at radius 2 is 2.35 bits per heavy atom. The topological polar surface area (TPSA) is 79.9 Å². The van der Waals surface area contributed by atoms with Gasteiger partial charge in [-0.1, -0.05) is 0 Å². The predicted molar refractivity (Wildman–Crippen MR) is 57.3 cm³/mol. The third-order valence-corrected chi connectivity index (χ3v) is 2.78. The van der Waals surface area contributed by atoms with Crippen molar-refractivity contribution >= 4 is 0 Å². The highest BCUT2D eigenvalue weighted by Gasteiger charge is 2.27. The van der Waals surface area contributed by atoms with Crippen LogP contribution in [0.1, 0.15) is 22.8 Å². The third-order valence-electron chi connectivity index (χ3n) is 2.78. The average molecular weight is 227 g/mol. The smallest absolute Gasteiger partial charge is 0.143 e. The lowest BCUT2D eigenvalue weighted by Gasteiger charge is -2.08. The van der Waals surface area contributed by atoms with E-state index in [0.717, 1.165) is 17.7 Å². The van der Waals surface area contributed by atoms with Gasteiger partial charge in [0.2, 0.25) is 0 Å². The average Bonchev–Trinajstić information content (AvgIpc) is 3.04. The maximum atomic E-state index is 9.16. The first kappa shape index (κ1) is 9.93. The number of benzene rings is 1. The van der Waals surface area contributed by atoms with Gasteiger partial charge in [-0.15, -0.1) is 5.10 Å². The summed E-state index contributed by atoms with van der Waals surface area (Å²) in [7, 11) is 0. The summed E-state index contributed by atoms with van der Waals surface area (Å²) < 4.78 is 6.74. The van der Waals surface area contributed by atoms with Gasteiger partial charge in [-0.05, 0) is 40.6 Å². The lowest BCUT2D eigenvalue weighted by atomic mass is 10.0. The number of hydrogen-bond acceptors (Lipinski definition) is 5. The van der Waals surface area contributed by atoms with Crippen LogP contribution in [0.15, 0.2) is 18.5 Å². The van der Waals surface area contributed by atoms with Crippen LogP contribution in [0.25, 0.3) is 5.69 Å². The van der Waals surface area contributed by atoms with Crippen LogP contribution >= 0.6 is 0 Å². The van der Waals surface area contributed by atoms with Crippen LogP contribution in [0.5, 0.6) is 0 Å². The second-order valence-electron chi connectivity index (χ2n) is 3.91. The van der Waals surface area contributed by atoms with E-state index >= 15 is 0 Å². The second kappa shape index (κ2) is 3.64. The van der Waals surface area contributed by atoms with E-state index in [9.17, 15) is 0 Å². The Morgan fingerprint density at radius 3 is 2.94 bits per heavy atom. The summed E-state index contributed by atoms with van der Waals surface area (Å²) in [5.41, 5.74) is 3.39. The number of rotatable bonds is 2. The number of hydrogen-bond donors (Lipinski definition) is 0. The molecule has 17 heavy (non-hydrogen) atoms. The van der Waals surface area contributed by atoms with Gasteiger partial charge in [-0.3, -0.25) is 0 Å². The third kappa shape index (κ3) is 1.66. The fourth-order valence-electron chi connectivity index (χ4n) is 1.83. The quantitative estimate of drug-likeness (QED) is 0.712. The van der Waals surface area contributed by atoms with Gasteiger partial charge in [0, 0.05) is 0 Å². The van der Waals surface area contributed by atoms with E-state index in [4.69, 9.17) is 10.00 Å². The zero-order valence-electron chi connectivity index (χ0n) is 9.16. The summed E-state index contributed by atoms with van der Waals surface area (Å²) in [5, 5.41) is 20.1. The Hall–Kier alpha value is -2.26. The number of tetrazole rings is 1. The van der Waals surface area contributed by atoms with E-state index in [0.29, 0.717) is 11.3 Å². The first-order valence-corrected chi connectivity index (χ1v) is 5.19. The molecule has 1 saturated heterocycles. The largest absolute Gasteiger partial charge is 0.368 e. The fourth-order valence-corrected chi connectivity index (χ4v) is 1.83. The van der Waals surface area contributed by atoms with Crippen LogP contribution in [0, 0.1) is 18.3 Å². The molecule has 0 bridgehead atoms. The van der Waals surface area contributed by atoms with E-state index in [1.54, 1.807) is 0 Å². The van der Waals surface area contributed by atoms with Gasteiger partial charge in [0.15, 0.2) is 0 Å². The molecule has 6 heteroatoms. The molecule has 1 aromatic carbocycles. The van der Waals surface area contributed by atoms with Crippen LogP contribution in [-0.4, -0.2) is 26.8 Å². The molecule has 0 amide bonds. The van der Waals surface area contributed by atoms with Crippen LogP contribution < -0.4 is 0 Å². The van der Waals surface area contributed by atoms with E-state index < -0.39 is 0 Å². The van der Waals surface area contributed by atoms with E-state index in [2.05, 4.69) is 21.6 Å². The molecule has 1 fully saturated rings. The monoisotopic (exact) mass is 227 g/mol. The molecule has 2 aromatic rings. The normalized spacial score (nSPS) is 17.8. The fraction of sp³-hybridized carbons (Fsp3) is 0.273. The Labute approximate surface area is 97.4 Å². The summed E-state index contributed by atoms with van der Waals surface area (Å²) in [4.78, 5) is 0. The van der Waals surface area contributed by atoms with Crippen molar-refractivity contribution in [3.63, 3.8) is 0 Å². The van der Waals surface area contributed by atoms with Crippen molar-refractivity contribution in [3.05, 3.63) is 35.2 Å². The number of aromatic nitrogens is 4. The minimum atomic E-state index is 0.144. The summed E-state index contributed by atoms with van der Waals surface area (Å²) in [6.45, 7) is 2.72.